The smallest absolute Gasteiger partial charge is 0.375 e. The number of alkyl halides is 3. The highest BCUT2D eigenvalue weighted by Crippen LogP contribution is 2.33. The van der Waals surface area contributed by atoms with Gasteiger partial charge in [-0.1, -0.05) is 13.0 Å². The van der Waals surface area contributed by atoms with E-state index in [4.69, 9.17) is 5.73 Å². The molecule has 0 aromatic heterocycles. The maximum Gasteiger partial charge on any atom is 0.416 e. The Balaban J connectivity index is 2.30. The summed E-state index contributed by atoms with van der Waals surface area (Å²) >= 11 is 0. The van der Waals surface area contributed by atoms with Gasteiger partial charge in [-0.05, 0) is 30.9 Å². The summed E-state index contributed by atoms with van der Waals surface area (Å²) in [6, 6.07) is 0. The van der Waals surface area contributed by atoms with E-state index in [0.717, 1.165) is 25.0 Å². The van der Waals surface area contributed by atoms with E-state index in [1.165, 1.54) is 6.08 Å². The van der Waals surface area contributed by atoms with Crippen molar-refractivity contribution in [2.45, 2.75) is 32.4 Å². The molecule has 0 radical (unpaired) electrons. The first-order valence-electron chi connectivity index (χ1n) is 7.00. The highest BCUT2D eigenvalue weighted by molar-refractivity contribution is 5.92. The third-order valence-electron chi connectivity index (χ3n) is 3.99. The quantitative estimate of drug-likeness (QED) is 0.852. The Kier molecular flexibility index (Phi) is 4.44. The molecule has 0 spiro atoms. The number of amides is 1. The molecule has 116 valence electrons. The fourth-order valence-corrected chi connectivity index (χ4v) is 2.57. The Morgan fingerprint density at radius 3 is 2.43 bits per heavy atom. The number of halogens is 3. The molecule has 0 aromatic rings. The number of nitrogens with two attached hydrogens (primary N) is 1. The van der Waals surface area contributed by atoms with Crippen molar-refractivity contribution in [2.75, 3.05) is 13.1 Å². The van der Waals surface area contributed by atoms with E-state index in [-0.39, 0.29) is 12.0 Å². The number of piperidine rings is 1. The van der Waals surface area contributed by atoms with Crippen LogP contribution in [-0.2, 0) is 4.79 Å². The third-order valence-corrected chi connectivity index (χ3v) is 3.99. The van der Waals surface area contributed by atoms with Gasteiger partial charge in [0.25, 0.3) is 0 Å². The van der Waals surface area contributed by atoms with Gasteiger partial charge in [-0.3, -0.25) is 4.79 Å². The number of rotatable bonds is 2. The third kappa shape index (κ3) is 3.89. The van der Waals surface area contributed by atoms with Gasteiger partial charge in [-0.15, -0.1) is 0 Å². The molecular weight excluding hydrogens is 281 g/mol. The second-order valence-corrected chi connectivity index (χ2v) is 5.66. The molecule has 1 aliphatic heterocycles. The van der Waals surface area contributed by atoms with Crippen molar-refractivity contribution < 1.29 is 18.0 Å². The van der Waals surface area contributed by atoms with Gasteiger partial charge in [0.15, 0.2) is 0 Å². The van der Waals surface area contributed by atoms with E-state index in [1.807, 2.05) is 4.90 Å². The van der Waals surface area contributed by atoms with E-state index in [2.05, 4.69) is 6.92 Å². The van der Waals surface area contributed by atoms with Gasteiger partial charge in [0.2, 0.25) is 5.91 Å². The molecule has 1 amide bonds. The van der Waals surface area contributed by atoms with Gasteiger partial charge in [0, 0.05) is 30.8 Å². The molecule has 2 N–H and O–H groups in total. The van der Waals surface area contributed by atoms with E-state index in [0.29, 0.717) is 24.7 Å². The summed E-state index contributed by atoms with van der Waals surface area (Å²) in [6.07, 6.45) is 0.858. The van der Waals surface area contributed by atoms with Crippen LogP contribution in [0, 0.1) is 5.92 Å². The Bertz CT molecular complexity index is 510. The van der Waals surface area contributed by atoms with Crippen molar-refractivity contribution in [3.63, 3.8) is 0 Å². The average Bonchev–Trinajstić information content (AvgIpc) is 2.62. The Hall–Kier alpha value is -1.72. The molecule has 1 fully saturated rings. The molecule has 3 nitrogen and oxygen atoms in total. The first-order valence-corrected chi connectivity index (χ1v) is 7.00. The number of likely N-dealkylation sites (tertiary alicyclic amines) is 1. The van der Waals surface area contributed by atoms with Crippen molar-refractivity contribution >= 4 is 5.91 Å². The molecule has 1 heterocycles. The number of nitrogens with zero attached hydrogens (tertiary/aromatic N) is 1. The minimum absolute atomic E-state index is 0.153. The minimum Gasteiger partial charge on any atom is -0.375 e. The van der Waals surface area contributed by atoms with Gasteiger partial charge < -0.3 is 10.6 Å². The lowest BCUT2D eigenvalue weighted by atomic mass is 9.97. The second kappa shape index (κ2) is 5.95. The molecule has 2 rings (SSSR count). The van der Waals surface area contributed by atoms with Crippen LogP contribution in [0.2, 0.25) is 0 Å². The van der Waals surface area contributed by atoms with E-state index >= 15 is 0 Å². The maximum absolute atomic E-state index is 13.0. The predicted molar refractivity (Wildman–Crippen MR) is 74.1 cm³/mol. The molecule has 0 bridgehead atoms. The zero-order valence-electron chi connectivity index (χ0n) is 11.9. The van der Waals surface area contributed by atoms with Crippen LogP contribution in [0.4, 0.5) is 13.2 Å². The average molecular weight is 300 g/mol. The van der Waals surface area contributed by atoms with Crippen LogP contribution in [0.25, 0.3) is 0 Å². The normalized spacial score (nSPS) is 21.3. The molecule has 0 unspecified atom stereocenters. The number of carbonyl (C=O) groups is 1. The van der Waals surface area contributed by atoms with Gasteiger partial charge >= 0.3 is 6.18 Å². The van der Waals surface area contributed by atoms with Gasteiger partial charge in [-0.2, -0.15) is 13.2 Å². The Morgan fingerprint density at radius 1 is 1.29 bits per heavy atom. The van der Waals surface area contributed by atoms with Gasteiger partial charge in [0.1, 0.15) is 0 Å². The first kappa shape index (κ1) is 15.7. The number of hydrogen-bond acceptors (Lipinski definition) is 2. The summed E-state index contributed by atoms with van der Waals surface area (Å²) in [5.41, 5.74) is 5.23. The lowest BCUT2D eigenvalue weighted by molar-refractivity contribution is -0.114. The molecule has 2 aliphatic rings. The molecule has 1 saturated heterocycles. The minimum atomic E-state index is -4.43. The van der Waals surface area contributed by atoms with Crippen molar-refractivity contribution in [1.82, 2.24) is 4.90 Å². The van der Waals surface area contributed by atoms with Crippen LogP contribution < -0.4 is 5.73 Å². The molecule has 21 heavy (non-hydrogen) atoms. The Morgan fingerprint density at radius 2 is 1.90 bits per heavy atom. The standard InChI is InChI=1S/C15H19F3N2O/c1-10-4-6-20(7-5-10)13-8-11(14(19)21)2-3-12(9-13)15(16,17)18/h2-3,9-10H,4-8H2,1H3,(H2,19,21). The van der Waals surface area contributed by atoms with Crippen LogP contribution in [0.3, 0.4) is 0 Å². The molecule has 6 heteroatoms. The number of hydrogen-bond donors (Lipinski definition) is 1. The summed E-state index contributed by atoms with van der Waals surface area (Å²) in [7, 11) is 0. The number of carbonyl (C=O) groups excluding carboxylic acids is 1. The number of allylic oxidation sites excluding steroid dienone is 5. The topological polar surface area (TPSA) is 46.3 Å². The lowest BCUT2D eigenvalue weighted by Gasteiger charge is -2.34. The van der Waals surface area contributed by atoms with Crippen LogP contribution in [0.1, 0.15) is 26.2 Å². The van der Waals surface area contributed by atoms with E-state index in [9.17, 15) is 18.0 Å². The number of primary amides is 1. The molecule has 0 atom stereocenters. The molecule has 0 aromatic carbocycles. The van der Waals surface area contributed by atoms with Crippen molar-refractivity contribution in [3.8, 4) is 0 Å². The van der Waals surface area contributed by atoms with Gasteiger partial charge in [-0.25, -0.2) is 0 Å². The zero-order valence-corrected chi connectivity index (χ0v) is 11.9. The molecule has 1 aliphatic carbocycles. The first-order chi connectivity index (χ1) is 9.77. The lowest BCUT2D eigenvalue weighted by Crippen LogP contribution is -2.33. The summed E-state index contributed by atoms with van der Waals surface area (Å²) in [5.74, 6) is -0.0950. The molecule has 0 saturated carbocycles. The van der Waals surface area contributed by atoms with E-state index < -0.39 is 17.7 Å². The monoisotopic (exact) mass is 300 g/mol. The largest absolute Gasteiger partial charge is 0.416 e. The van der Waals surface area contributed by atoms with Crippen molar-refractivity contribution in [3.05, 3.63) is 35.1 Å². The van der Waals surface area contributed by atoms with Crippen LogP contribution in [0.15, 0.2) is 35.1 Å². The predicted octanol–water partition coefficient (Wildman–Crippen LogP) is 2.91. The van der Waals surface area contributed by atoms with Crippen molar-refractivity contribution in [2.24, 2.45) is 11.7 Å². The van der Waals surface area contributed by atoms with Gasteiger partial charge in [0.05, 0.1) is 5.57 Å². The van der Waals surface area contributed by atoms with Crippen LogP contribution >= 0.6 is 0 Å². The Labute approximate surface area is 122 Å². The van der Waals surface area contributed by atoms with E-state index in [1.54, 1.807) is 0 Å². The zero-order chi connectivity index (χ0) is 15.6. The highest BCUT2D eigenvalue weighted by Gasteiger charge is 2.34. The fourth-order valence-electron chi connectivity index (χ4n) is 2.57. The summed E-state index contributed by atoms with van der Waals surface area (Å²) < 4.78 is 38.9. The summed E-state index contributed by atoms with van der Waals surface area (Å²) in [4.78, 5) is 13.3. The summed E-state index contributed by atoms with van der Waals surface area (Å²) in [6.45, 7) is 3.56. The van der Waals surface area contributed by atoms with Crippen molar-refractivity contribution in [1.29, 1.82) is 0 Å². The summed E-state index contributed by atoms with van der Waals surface area (Å²) in [5, 5.41) is 0. The maximum atomic E-state index is 13.0. The van der Waals surface area contributed by atoms with Crippen LogP contribution in [0.5, 0.6) is 0 Å². The SMILES string of the molecule is CC1CCN(C2=CC(C(F)(F)F)=CC=C(C(N)=O)C2)CC1. The highest BCUT2D eigenvalue weighted by atomic mass is 19.4. The molecular formula is C15H19F3N2O. The second-order valence-electron chi connectivity index (χ2n) is 5.66. The van der Waals surface area contributed by atoms with Crippen LogP contribution in [-0.4, -0.2) is 30.1 Å². The fraction of sp³-hybridized carbons (Fsp3) is 0.533.